The molecule has 0 atom stereocenters. The number of hydrogen-bond acceptors (Lipinski definition) is 4. The fourth-order valence-corrected chi connectivity index (χ4v) is 2.23. The van der Waals surface area contributed by atoms with Crippen molar-refractivity contribution in [1.29, 1.82) is 0 Å². The summed E-state index contributed by atoms with van der Waals surface area (Å²) in [5, 5.41) is 8.82. The first-order valence-electron chi connectivity index (χ1n) is 7.15. The summed E-state index contributed by atoms with van der Waals surface area (Å²) < 4.78 is 7.02. The minimum absolute atomic E-state index is 0.0182. The highest BCUT2D eigenvalue weighted by atomic mass is 16.5. The summed E-state index contributed by atoms with van der Waals surface area (Å²) >= 11 is 0. The van der Waals surface area contributed by atoms with Gasteiger partial charge >= 0.3 is 5.82 Å². The second-order valence-corrected chi connectivity index (χ2v) is 5.37. The second-order valence-electron chi connectivity index (χ2n) is 5.37. The van der Waals surface area contributed by atoms with Crippen molar-refractivity contribution in [2.75, 3.05) is 13.2 Å². The molecule has 0 radical (unpaired) electrons. The van der Waals surface area contributed by atoms with Gasteiger partial charge in [0.15, 0.2) is 5.52 Å². The maximum Gasteiger partial charge on any atom is 0.312 e. The molecule has 6 nitrogen and oxygen atoms in total. The highest BCUT2D eigenvalue weighted by Gasteiger charge is 2.18. The Bertz CT molecular complexity index is 788. The molecule has 0 amide bonds. The fraction of sp³-hybridized carbons (Fsp3) is 0.438. The van der Waals surface area contributed by atoms with Gasteiger partial charge in [-0.3, -0.25) is 4.79 Å². The summed E-state index contributed by atoms with van der Waals surface area (Å²) in [6.07, 6.45) is 0.473. The molecule has 2 rings (SSSR count). The highest BCUT2D eigenvalue weighted by molar-refractivity contribution is 5.83. The van der Waals surface area contributed by atoms with Crippen molar-refractivity contribution in [2.45, 2.75) is 26.2 Å². The number of nitrogens with zero attached hydrogens (tertiary/aromatic N) is 3. The molecule has 0 bridgehead atoms. The van der Waals surface area contributed by atoms with E-state index in [0.29, 0.717) is 29.8 Å². The van der Waals surface area contributed by atoms with Crippen molar-refractivity contribution in [3.05, 3.63) is 39.5 Å². The van der Waals surface area contributed by atoms with Crippen molar-refractivity contribution in [1.82, 2.24) is 9.55 Å². The molecule has 0 aliphatic heterocycles. The van der Waals surface area contributed by atoms with Gasteiger partial charge < -0.3 is 19.3 Å². The van der Waals surface area contributed by atoms with Gasteiger partial charge in [-0.05, 0) is 12.0 Å². The largest absolute Gasteiger partial charge is 0.503 e. The molecular formula is C16H19N3O3. The molecule has 2 aromatic rings. The Balaban J connectivity index is 2.68. The highest BCUT2D eigenvalue weighted by Crippen LogP contribution is 2.32. The first-order valence-corrected chi connectivity index (χ1v) is 7.15. The van der Waals surface area contributed by atoms with Crippen LogP contribution in [0.3, 0.4) is 0 Å². The number of aliphatic hydroxyl groups is 1. The number of hydrogen-bond donors (Lipinski definition) is 1. The Morgan fingerprint density at radius 2 is 2.18 bits per heavy atom. The van der Waals surface area contributed by atoms with E-state index in [1.54, 1.807) is 19.2 Å². The normalized spacial score (nSPS) is 10.9. The van der Waals surface area contributed by atoms with E-state index in [1.807, 2.05) is 13.8 Å². The Labute approximate surface area is 128 Å². The molecule has 0 aromatic carbocycles. The van der Waals surface area contributed by atoms with Crippen LogP contribution in [0, 0.1) is 6.57 Å². The summed E-state index contributed by atoms with van der Waals surface area (Å²) in [7, 11) is 1.67. The van der Waals surface area contributed by atoms with E-state index in [0.717, 1.165) is 5.56 Å². The third-order valence-corrected chi connectivity index (χ3v) is 3.48. The van der Waals surface area contributed by atoms with Crippen LogP contribution in [0.4, 0.5) is 5.82 Å². The molecule has 2 aromatic heterocycles. The number of rotatable bonds is 5. The summed E-state index contributed by atoms with van der Waals surface area (Å²) in [4.78, 5) is 19.9. The molecule has 0 aliphatic carbocycles. The predicted octanol–water partition coefficient (Wildman–Crippen LogP) is 2.37. The smallest absolute Gasteiger partial charge is 0.312 e. The van der Waals surface area contributed by atoms with Crippen LogP contribution in [0.25, 0.3) is 15.9 Å². The van der Waals surface area contributed by atoms with Gasteiger partial charge in [-0.25, -0.2) is 0 Å². The summed E-state index contributed by atoms with van der Waals surface area (Å²) in [5.41, 5.74) is 2.00. The number of pyridine rings is 2. The van der Waals surface area contributed by atoms with E-state index in [9.17, 15) is 4.79 Å². The number of ether oxygens (including phenoxy) is 1. The van der Waals surface area contributed by atoms with Gasteiger partial charge in [-0.2, -0.15) is 0 Å². The molecule has 6 heteroatoms. The minimum atomic E-state index is -0.116. The molecular weight excluding hydrogens is 282 g/mol. The van der Waals surface area contributed by atoms with Gasteiger partial charge in [-0.15, -0.1) is 4.98 Å². The maximum absolute atomic E-state index is 12.1. The molecule has 2 heterocycles. The van der Waals surface area contributed by atoms with Crippen LogP contribution < -0.4 is 10.3 Å². The number of aryl methyl sites for hydroxylation is 1. The van der Waals surface area contributed by atoms with E-state index in [-0.39, 0.29) is 23.9 Å². The lowest BCUT2D eigenvalue weighted by Gasteiger charge is -2.13. The molecule has 0 aliphatic rings. The molecule has 0 spiro atoms. The zero-order valence-electron chi connectivity index (χ0n) is 13.0. The lowest BCUT2D eigenvalue weighted by molar-refractivity contribution is 0.234. The van der Waals surface area contributed by atoms with Crippen LogP contribution in [-0.4, -0.2) is 27.9 Å². The molecule has 0 fully saturated rings. The zero-order valence-corrected chi connectivity index (χ0v) is 13.0. The topological polar surface area (TPSA) is 68.7 Å². The number of fused-ring (bicyclic) bond motifs is 1. The van der Waals surface area contributed by atoms with Crippen LogP contribution in [0.5, 0.6) is 5.75 Å². The van der Waals surface area contributed by atoms with E-state index in [1.165, 1.54) is 4.57 Å². The van der Waals surface area contributed by atoms with E-state index in [2.05, 4.69) is 9.83 Å². The van der Waals surface area contributed by atoms with Crippen LogP contribution in [0.2, 0.25) is 0 Å². The van der Waals surface area contributed by atoms with E-state index >= 15 is 0 Å². The first-order chi connectivity index (χ1) is 10.5. The summed E-state index contributed by atoms with van der Waals surface area (Å²) in [6.45, 7) is 11.6. The standard InChI is InChI=1S/C16H19N3O3/c1-10(2)11-8-14(21)19(4)12-9-13(22-7-5-6-20)16(17-3)18-15(11)12/h8-10,20H,5-7H2,1-2,4H3. The van der Waals surface area contributed by atoms with Crippen LogP contribution in [-0.2, 0) is 7.05 Å². The minimum Gasteiger partial charge on any atom is -0.503 e. The molecule has 0 saturated carbocycles. The van der Waals surface area contributed by atoms with Gasteiger partial charge in [-0.1, -0.05) is 20.4 Å². The quantitative estimate of drug-likeness (QED) is 0.680. The Hall–Kier alpha value is -2.39. The summed E-state index contributed by atoms with van der Waals surface area (Å²) in [6, 6.07) is 3.25. The number of aromatic nitrogens is 2. The average molecular weight is 301 g/mol. The fourth-order valence-electron chi connectivity index (χ4n) is 2.23. The Morgan fingerprint density at radius 3 is 2.77 bits per heavy atom. The van der Waals surface area contributed by atoms with Gasteiger partial charge in [0.25, 0.3) is 5.56 Å². The van der Waals surface area contributed by atoms with Gasteiger partial charge in [0.05, 0.1) is 12.1 Å². The monoisotopic (exact) mass is 301 g/mol. The number of aliphatic hydroxyl groups excluding tert-OH is 1. The summed E-state index contributed by atoms with van der Waals surface area (Å²) in [5.74, 6) is 0.640. The molecule has 0 unspecified atom stereocenters. The van der Waals surface area contributed by atoms with Crippen LogP contribution in [0.15, 0.2) is 16.9 Å². The lowest BCUT2D eigenvalue weighted by Crippen LogP contribution is -2.18. The zero-order chi connectivity index (χ0) is 16.3. The first kappa shape index (κ1) is 16.0. The SMILES string of the molecule is [C-]#[N+]c1nc2c(C(C)C)cc(=O)n(C)c2cc1OCCCO. The lowest BCUT2D eigenvalue weighted by atomic mass is 10.0. The van der Waals surface area contributed by atoms with E-state index in [4.69, 9.17) is 16.4 Å². The van der Waals surface area contributed by atoms with Crippen molar-refractivity contribution in [2.24, 2.45) is 7.05 Å². The van der Waals surface area contributed by atoms with Gasteiger partial charge in [0, 0.05) is 31.7 Å². The molecule has 116 valence electrons. The van der Waals surface area contributed by atoms with Crippen LogP contribution in [0.1, 0.15) is 31.7 Å². The van der Waals surface area contributed by atoms with Crippen molar-refractivity contribution >= 4 is 16.9 Å². The van der Waals surface area contributed by atoms with Crippen LogP contribution >= 0.6 is 0 Å². The van der Waals surface area contributed by atoms with Gasteiger partial charge in [0.1, 0.15) is 5.75 Å². The third kappa shape index (κ3) is 2.95. The maximum atomic E-state index is 12.1. The molecule has 22 heavy (non-hydrogen) atoms. The Kier molecular flexibility index (Phi) is 4.78. The van der Waals surface area contributed by atoms with Gasteiger partial charge in [0.2, 0.25) is 0 Å². The molecule has 0 saturated heterocycles. The van der Waals surface area contributed by atoms with Crippen molar-refractivity contribution < 1.29 is 9.84 Å². The van der Waals surface area contributed by atoms with Crippen molar-refractivity contribution in [3.63, 3.8) is 0 Å². The second kappa shape index (κ2) is 6.58. The predicted molar refractivity (Wildman–Crippen MR) is 84.5 cm³/mol. The van der Waals surface area contributed by atoms with Crippen molar-refractivity contribution in [3.8, 4) is 5.75 Å². The Morgan fingerprint density at radius 1 is 1.45 bits per heavy atom. The average Bonchev–Trinajstić information content (AvgIpc) is 2.50. The third-order valence-electron chi connectivity index (χ3n) is 3.48. The molecule has 1 N–H and O–H groups in total. The van der Waals surface area contributed by atoms with E-state index < -0.39 is 0 Å².